The number of aliphatic carboxylic acids is 1. The normalized spacial score (nSPS) is 14.3. The lowest BCUT2D eigenvalue weighted by Crippen LogP contribution is -2.21. The molecule has 0 aromatic rings. The lowest BCUT2D eigenvalue weighted by molar-refractivity contribution is -0.140. The van der Waals surface area contributed by atoms with Crippen LogP contribution in [-0.2, 0) is 4.79 Å². The first kappa shape index (κ1) is 17.8. The maximum atomic E-state index is 9.70. The second-order valence-electron chi connectivity index (χ2n) is 4.60. The van der Waals surface area contributed by atoms with Crippen LogP contribution in [0, 0.1) is 11.8 Å². The number of hydrogen-bond acceptors (Lipinski definition) is 3. The van der Waals surface area contributed by atoms with Gasteiger partial charge in [0, 0.05) is 0 Å². The summed E-state index contributed by atoms with van der Waals surface area (Å²) in [6.45, 7) is 9.10. The SMILES string of the molecule is CC(C)C(=O)O.CCC(O)CC(O)C(C)C. The van der Waals surface area contributed by atoms with Gasteiger partial charge in [-0.25, -0.2) is 0 Å². The summed E-state index contributed by atoms with van der Waals surface area (Å²) in [6, 6.07) is 0. The summed E-state index contributed by atoms with van der Waals surface area (Å²) in [5, 5.41) is 26.4. The minimum absolute atomic E-state index is 0.231. The number of hydrogen-bond donors (Lipinski definition) is 3. The van der Waals surface area contributed by atoms with Crippen LogP contribution in [0.5, 0.6) is 0 Å². The van der Waals surface area contributed by atoms with Gasteiger partial charge < -0.3 is 15.3 Å². The van der Waals surface area contributed by atoms with E-state index in [4.69, 9.17) is 10.2 Å². The van der Waals surface area contributed by atoms with Crippen LogP contribution in [0.1, 0.15) is 47.5 Å². The zero-order chi connectivity index (χ0) is 13.3. The van der Waals surface area contributed by atoms with E-state index in [1.807, 2.05) is 20.8 Å². The Hall–Kier alpha value is -0.610. The van der Waals surface area contributed by atoms with E-state index in [0.29, 0.717) is 6.42 Å². The third-order valence-corrected chi connectivity index (χ3v) is 2.25. The Bertz CT molecular complexity index is 178. The Labute approximate surface area is 98.3 Å². The third kappa shape index (κ3) is 11.5. The van der Waals surface area contributed by atoms with Gasteiger partial charge in [-0.3, -0.25) is 4.79 Å². The molecule has 0 saturated carbocycles. The predicted octanol–water partition coefficient (Wildman–Crippen LogP) is 1.89. The van der Waals surface area contributed by atoms with E-state index in [1.165, 1.54) is 0 Å². The third-order valence-electron chi connectivity index (χ3n) is 2.25. The second kappa shape index (κ2) is 9.60. The van der Waals surface area contributed by atoms with Crippen molar-refractivity contribution in [3.8, 4) is 0 Å². The number of rotatable bonds is 5. The summed E-state index contributed by atoms with van der Waals surface area (Å²) >= 11 is 0. The van der Waals surface area contributed by atoms with Crippen molar-refractivity contribution in [2.75, 3.05) is 0 Å². The molecule has 0 aromatic heterocycles. The van der Waals surface area contributed by atoms with Gasteiger partial charge in [-0.1, -0.05) is 34.6 Å². The molecule has 4 nitrogen and oxygen atoms in total. The largest absolute Gasteiger partial charge is 0.481 e. The summed E-state index contributed by atoms with van der Waals surface area (Å²) in [4.78, 5) is 9.70. The molecule has 0 spiro atoms. The highest BCUT2D eigenvalue weighted by molar-refractivity contribution is 5.68. The Morgan fingerprint density at radius 2 is 1.50 bits per heavy atom. The van der Waals surface area contributed by atoms with E-state index in [1.54, 1.807) is 13.8 Å². The van der Waals surface area contributed by atoms with Crippen molar-refractivity contribution >= 4 is 5.97 Å². The second-order valence-corrected chi connectivity index (χ2v) is 4.60. The molecule has 0 fully saturated rings. The molecule has 0 rings (SSSR count). The van der Waals surface area contributed by atoms with Gasteiger partial charge in [0.15, 0.2) is 0 Å². The zero-order valence-corrected chi connectivity index (χ0v) is 11.0. The molecule has 2 unspecified atom stereocenters. The zero-order valence-electron chi connectivity index (χ0n) is 11.0. The summed E-state index contributed by atoms with van der Waals surface area (Å²) < 4.78 is 0. The molecule has 16 heavy (non-hydrogen) atoms. The molecule has 0 heterocycles. The van der Waals surface area contributed by atoms with E-state index >= 15 is 0 Å². The fraction of sp³-hybridized carbons (Fsp3) is 0.917. The number of aliphatic hydroxyl groups is 2. The summed E-state index contributed by atoms with van der Waals surface area (Å²) in [6.07, 6.45) is 0.546. The van der Waals surface area contributed by atoms with E-state index in [2.05, 4.69) is 0 Å². The van der Waals surface area contributed by atoms with Crippen LogP contribution in [0.15, 0.2) is 0 Å². The number of carboxylic acids is 1. The summed E-state index contributed by atoms with van der Waals surface area (Å²) in [7, 11) is 0. The highest BCUT2D eigenvalue weighted by atomic mass is 16.4. The van der Waals surface area contributed by atoms with Crippen LogP contribution in [0.25, 0.3) is 0 Å². The highest BCUT2D eigenvalue weighted by Gasteiger charge is 2.12. The van der Waals surface area contributed by atoms with Crippen molar-refractivity contribution in [1.29, 1.82) is 0 Å². The molecule has 0 aliphatic carbocycles. The molecule has 2 atom stereocenters. The van der Waals surface area contributed by atoms with Gasteiger partial charge in [0.2, 0.25) is 0 Å². The van der Waals surface area contributed by atoms with Crippen LogP contribution in [0.4, 0.5) is 0 Å². The molecule has 4 heteroatoms. The maximum Gasteiger partial charge on any atom is 0.305 e. The molecular weight excluding hydrogens is 208 g/mol. The smallest absolute Gasteiger partial charge is 0.305 e. The molecule has 0 aliphatic rings. The van der Waals surface area contributed by atoms with Crippen molar-refractivity contribution in [3.05, 3.63) is 0 Å². The lowest BCUT2D eigenvalue weighted by atomic mass is 10.0. The van der Waals surface area contributed by atoms with Gasteiger partial charge in [0.05, 0.1) is 18.1 Å². The van der Waals surface area contributed by atoms with Gasteiger partial charge in [-0.15, -0.1) is 0 Å². The predicted molar refractivity (Wildman–Crippen MR) is 64.2 cm³/mol. The van der Waals surface area contributed by atoms with Crippen LogP contribution in [-0.4, -0.2) is 33.5 Å². The van der Waals surface area contributed by atoms with Crippen LogP contribution in [0.2, 0.25) is 0 Å². The summed E-state index contributed by atoms with van der Waals surface area (Å²) in [5.41, 5.74) is 0. The number of carbonyl (C=O) groups is 1. The highest BCUT2D eigenvalue weighted by Crippen LogP contribution is 2.09. The lowest BCUT2D eigenvalue weighted by Gasteiger charge is -2.16. The number of aliphatic hydroxyl groups excluding tert-OH is 2. The average Bonchev–Trinajstić information content (AvgIpc) is 2.18. The fourth-order valence-electron chi connectivity index (χ4n) is 0.718. The van der Waals surface area contributed by atoms with Gasteiger partial charge in [0.25, 0.3) is 0 Å². The van der Waals surface area contributed by atoms with Gasteiger partial charge in [-0.05, 0) is 18.8 Å². The van der Waals surface area contributed by atoms with Crippen molar-refractivity contribution < 1.29 is 20.1 Å². The molecule has 0 saturated heterocycles. The first-order valence-electron chi connectivity index (χ1n) is 5.81. The van der Waals surface area contributed by atoms with Crippen molar-refractivity contribution in [2.45, 2.75) is 59.7 Å². The Balaban J connectivity index is 0. The van der Waals surface area contributed by atoms with Crippen molar-refractivity contribution in [1.82, 2.24) is 0 Å². The fourth-order valence-corrected chi connectivity index (χ4v) is 0.718. The van der Waals surface area contributed by atoms with Crippen LogP contribution < -0.4 is 0 Å². The van der Waals surface area contributed by atoms with Gasteiger partial charge >= 0.3 is 5.97 Å². The Morgan fingerprint density at radius 1 is 1.12 bits per heavy atom. The van der Waals surface area contributed by atoms with Gasteiger partial charge in [0.1, 0.15) is 0 Å². The van der Waals surface area contributed by atoms with E-state index in [0.717, 1.165) is 6.42 Å². The van der Waals surface area contributed by atoms with Crippen molar-refractivity contribution in [3.63, 3.8) is 0 Å². The standard InChI is InChI=1S/C8H18O2.C4H8O2/c1-4-7(9)5-8(10)6(2)3;1-3(2)4(5)6/h6-10H,4-5H2,1-3H3;3H,1-2H3,(H,5,6). The first-order chi connectivity index (χ1) is 7.22. The average molecular weight is 234 g/mol. The van der Waals surface area contributed by atoms with Crippen LogP contribution >= 0.6 is 0 Å². The monoisotopic (exact) mass is 234 g/mol. The van der Waals surface area contributed by atoms with E-state index < -0.39 is 5.97 Å². The van der Waals surface area contributed by atoms with Crippen molar-refractivity contribution in [2.24, 2.45) is 11.8 Å². The molecule has 0 bridgehead atoms. The topological polar surface area (TPSA) is 77.8 Å². The van der Waals surface area contributed by atoms with Gasteiger partial charge in [-0.2, -0.15) is 0 Å². The van der Waals surface area contributed by atoms with E-state index in [9.17, 15) is 9.90 Å². The Kier molecular flexibility index (Phi) is 10.7. The first-order valence-corrected chi connectivity index (χ1v) is 5.81. The summed E-state index contributed by atoms with van der Waals surface area (Å²) in [5.74, 6) is -0.721. The maximum absolute atomic E-state index is 9.70. The molecule has 0 aliphatic heterocycles. The van der Waals surface area contributed by atoms with E-state index in [-0.39, 0.29) is 24.0 Å². The molecule has 98 valence electrons. The molecule has 0 amide bonds. The minimum Gasteiger partial charge on any atom is -0.481 e. The number of carboxylic acid groups (broad SMARTS) is 1. The molecule has 0 radical (unpaired) electrons. The quantitative estimate of drug-likeness (QED) is 0.679. The molecular formula is C12H26O4. The molecule has 0 aromatic carbocycles. The van der Waals surface area contributed by atoms with Crippen LogP contribution in [0.3, 0.4) is 0 Å². The minimum atomic E-state index is -0.741. The Morgan fingerprint density at radius 3 is 1.69 bits per heavy atom. The molecule has 3 N–H and O–H groups in total.